The van der Waals surface area contributed by atoms with E-state index in [4.69, 9.17) is 9.84 Å². The Morgan fingerprint density at radius 3 is 2.23 bits per heavy atom. The summed E-state index contributed by atoms with van der Waals surface area (Å²) in [5.74, 6) is -0.881. The number of halogens is 3. The zero-order valence-electron chi connectivity index (χ0n) is 22.3. The second-order valence-corrected chi connectivity index (χ2v) is 12.1. The number of carbonyl (C=O) groups is 1. The van der Waals surface area contributed by atoms with Gasteiger partial charge in [0, 0.05) is 12.5 Å². The monoisotopic (exact) mass is 561 g/mol. The number of sulfonamides is 1. The van der Waals surface area contributed by atoms with Crippen molar-refractivity contribution in [2.45, 2.75) is 51.6 Å². The third-order valence-electron chi connectivity index (χ3n) is 7.19. The molecule has 3 aromatic carbocycles. The molecule has 1 atom stereocenters. The van der Waals surface area contributed by atoms with Gasteiger partial charge in [-0.15, -0.1) is 0 Å². The van der Waals surface area contributed by atoms with Gasteiger partial charge in [0.05, 0.1) is 16.1 Å². The Morgan fingerprint density at radius 2 is 1.69 bits per heavy atom. The van der Waals surface area contributed by atoms with Crippen LogP contribution in [-0.4, -0.2) is 32.6 Å². The fourth-order valence-electron chi connectivity index (χ4n) is 5.19. The molecule has 3 aromatic rings. The molecular weight excluding hydrogens is 531 g/mol. The third kappa shape index (κ3) is 5.34. The molecule has 0 aliphatic carbocycles. The number of carboxylic acid groups (broad SMARTS) is 1. The minimum atomic E-state index is -4.43. The van der Waals surface area contributed by atoms with E-state index in [1.54, 1.807) is 6.92 Å². The van der Waals surface area contributed by atoms with E-state index in [9.17, 15) is 26.4 Å². The average molecular weight is 562 g/mol. The zero-order valence-corrected chi connectivity index (χ0v) is 23.1. The summed E-state index contributed by atoms with van der Waals surface area (Å²) in [4.78, 5) is 10.9. The predicted octanol–water partition coefficient (Wildman–Crippen LogP) is 6.71. The van der Waals surface area contributed by atoms with Crippen LogP contribution in [0.2, 0.25) is 0 Å². The molecule has 0 aromatic heterocycles. The third-order valence-corrected chi connectivity index (χ3v) is 8.96. The van der Waals surface area contributed by atoms with Gasteiger partial charge in [0.15, 0.2) is 6.61 Å². The van der Waals surface area contributed by atoms with Crippen LogP contribution in [-0.2, 0) is 21.0 Å². The molecule has 0 amide bonds. The molecule has 6 nitrogen and oxygen atoms in total. The molecule has 1 aliphatic heterocycles. The molecule has 1 aliphatic rings. The predicted molar refractivity (Wildman–Crippen MR) is 143 cm³/mol. The molecule has 1 heterocycles. The van der Waals surface area contributed by atoms with E-state index < -0.39 is 34.3 Å². The normalized spacial score (nSPS) is 15.5. The molecule has 208 valence electrons. The maximum atomic E-state index is 13.9. The molecule has 4 rings (SSSR count). The molecule has 0 spiro atoms. The molecule has 39 heavy (non-hydrogen) atoms. The van der Waals surface area contributed by atoms with Crippen molar-refractivity contribution < 1.29 is 36.2 Å². The lowest BCUT2D eigenvalue weighted by atomic mass is 9.83. The summed E-state index contributed by atoms with van der Waals surface area (Å²) in [6.07, 6.45) is -4.43. The van der Waals surface area contributed by atoms with E-state index >= 15 is 0 Å². The van der Waals surface area contributed by atoms with Gasteiger partial charge in [-0.3, -0.25) is 4.31 Å². The van der Waals surface area contributed by atoms with E-state index in [0.717, 1.165) is 28.8 Å². The van der Waals surface area contributed by atoms with Gasteiger partial charge < -0.3 is 9.84 Å². The maximum absolute atomic E-state index is 13.9. The van der Waals surface area contributed by atoms with Crippen LogP contribution in [0.15, 0.2) is 53.4 Å². The zero-order chi connectivity index (χ0) is 28.9. The molecular formula is C29H30F3NO5S. The molecule has 0 radical (unpaired) electrons. The van der Waals surface area contributed by atoms with Gasteiger partial charge in [-0.2, -0.15) is 13.2 Å². The van der Waals surface area contributed by atoms with Crippen molar-refractivity contribution in [2.24, 2.45) is 5.92 Å². The number of aliphatic carboxylic acids is 1. The number of hydrogen-bond donors (Lipinski definition) is 1. The summed E-state index contributed by atoms with van der Waals surface area (Å²) in [6.45, 7) is 9.06. The Bertz CT molecular complexity index is 1530. The number of fused-ring (bicyclic) bond motifs is 1. The summed E-state index contributed by atoms with van der Waals surface area (Å²) in [7, 11) is -3.99. The Balaban J connectivity index is 1.80. The molecule has 0 bridgehead atoms. The Kier molecular flexibility index (Phi) is 7.46. The van der Waals surface area contributed by atoms with Crippen molar-refractivity contribution >= 4 is 21.7 Å². The van der Waals surface area contributed by atoms with Gasteiger partial charge in [0.1, 0.15) is 5.75 Å². The van der Waals surface area contributed by atoms with Crippen molar-refractivity contribution in [3.05, 3.63) is 76.3 Å². The first-order valence-electron chi connectivity index (χ1n) is 12.4. The van der Waals surface area contributed by atoms with Crippen molar-refractivity contribution in [3.8, 4) is 16.9 Å². The molecule has 1 N–H and O–H groups in total. The van der Waals surface area contributed by atoms with Crippen molar-refractivity contribution in [1.29, 1.82) is 0 Å². The number of hydrogen-bond acceptors (Lipinski definition) is 4. The summed E-state index contributed by atoms with van der Waals surface area (Å²) in [5, 5.41) is 8.87. The standard InChI is InChI=1S/C29H30F3NO5S/c1-16(2)24-14-33(39(36,37)22-10-11-25(17(3)12-22)38-15-26(34)35)28-18(4)13-23(19(5)27(24)28)20-6-8-21(9-7-20)29(30,31)32/h6-13,16,24H,14-15H2,1-5H3,(H,34,35). The van der Waals surface area contributed by atoms with Crippen LogP contribution in [0, 0.1) is 26.7 Å². The topological polar surface area (TPSA) is 83.9 Å². The van der Waals surface area contributed by atoms with Gasteiger partial charge in [0.2, 0.25) is 0 Å². The number of rotatable bonds is 7. The number of carboxylic acids is 1. The first kappa shape index (κ1) is 28.5. The largest absolute Gasteiger partial charge is 0.482 e. The molecule has 0 fully saturated rings. The fourth-order valence-corrected chi connectivity index (χ4v) is 6.85. The Labute approximate surface area is 226 Å². The molecule has 0 saturated carbocycles. The van der Waals surface area contributed by atoms with Crippen LogP contribution in [0.25, 0.3) is 11.1 Å². The van der Waals surface area contributed by atoms with Crippen LogP contribution in [0.4, 0.5) is 18.9 Å². The number of benzene rings is 3. The van der Waals surface area contributed by atoms with Gasteiger partial charge in [0.25, 0.3) is 10.0 Å². The number of aryl methyl sites for hydroxylation is 2. The highest BCUT2D eigenvalue weighted by Gasteiger charge is 2.41. The molecule has 1 unspecified atom stereocenters. The van der Waals surface area contributed by atoms with Crippen LogP contribution >= 0.6 is 0 Å². The number of ether oxygens (including phenoxy) is 1. The van der Waals surface area contributed by atoms with E-state index in [0.29, 0.717) is 22.4 Å². The average Bonchev–Trinajstić information content (AvgIpc) is 3.28. The quantitative estimate of drug-likeness (QED) is 0.347. The molecule has 0 saturated heterocycles. The van der Waals surface area contributed by atoms with E-state index in [-0.39, 0.29) is 29.0 Å². The van der Waals surface area contributed by atoms with Crippen molar-refractivity contribution in [2.75, 3.05) is 17.5 Å². The van der Waals surface area contributed by atoms with Crippen molar-refractivity contribution in [1.82, 2.24) is 0 Å². The molecule has 10 heteroatoms. The van der Waals surface area contributed by atoms with E-state index in [1.807, 2.05) is 33.8 Å². The van der Waals surface area contributed by atoms with Crippen LogP contribution < -0.4 is 9.04 Å². The van der Waals surface area contributed by atoms with Crippen LogP contribution in [0.1, 0.15) is 47.6 Å². The highest BCUT2D eigenvalue weighted by atomic mass is 32.2. The summed E-state index contributed by atoms with van der Waals surface area (Å²) in [5.41, 5.74) is 4.16. The van der Waals surface area contributed by atoms with Crippen molar-refractivity contribution in [3.63, 3.8) is 0 Å². The fraction of sp³-hybridized carbons (Fsp3) is 0.345. The Morgan fingerprint density at radius 1 is 1.05 bits per heavy atom. The second-order valence-electron chi connectivity index (χ2n) is 10.2. The number of alkyl halides is 3. The second kappa shape index (κ2) is 10.2. The SMILES string of the molecule is Cc1cc(S(=O)(=O)N2CC(C(C)C)c3c(C)c(-c4ccc(C(F)(F)F)cc4)cc(C)c32)ccc1OCC(=O)O. The maximum Gasteiger partial charge on any atom is 0.416 e. The number of anilines is 1. The van der Waals surface area contributed by atoms with Gasteiger partial charge in [-0.1, -0.05) is 26.0 Å². The minimum absolute atomic E-state index is 0.0573. The van der Waals surface area contributed by atoms with Crippen LogP contribution in [0.5, 0.6) is 5.75 Å². The lowest BCUT2D eigenvalue weighted by Gasteiger charge is -2.23. The number of nitrogens with zero attached hydrogens (tertiary/aromatic N) is 1. The summed E-state index contributed by atoms with van der Waals surface area (Å²) in [6, 6.07) is 11.2. The first-order valence-corrected chi connectivity index (χ1v) is 13.9. The van der Waals surface area contributed by atoms with Gasteiger partial charge in [-0.05, 0) is 96.5 Å². The first-order chi connectivity index (χ1) is 18.1. The van der Waals surface area contributed by atoms with E-state index in [2.05, 4.69) is 0 Å². The lowest BCUT2D eigenvalue weighted by Crippen LogP contribution is -2.31. The highest BCUT2D eigenvalue weighted by Crippen LogP contribution is 2.49. The highest BCUT2D eigenvalue weighted by molar-refractivity contribution is 7.92. The minimum Gasteiger partial charge on any atom is -0.482 e. The van der Waals surface area contributed by atoms with Crippen LogP contribution in [0.3, 0.4) is 0 Å². The lowest BCUT2D eigenvalue weighted by molar-refractivity contribution is -0.139. The summed E-state index contributed by atoms with van der Waals surface area (Å²) >= 11 is 0. The van der Waals surface area contributed by atoms with E-state index in [1.165, 1.54) is 34.6 Å². The summed E-state index contributed by atoms with van der Waals surface area (Å²) < 4.78 is 73.8. The Hall–Kier alpha value is -3.53. The van der Waals surface area contributed by atoms with Gasteiger partial charge in [-0.25, -0.2) is 13.2 Å². The smallest absolute Gasteiger partial charge is 0.416 e. The van der Waals surface area contributed by atoms with Gasteiger partial charge >= 0.3 is 12.1 Å².